The number of hydrogen-bond acceptors (Lipinski definition) is 5. The van der Waals surface area contributed by atoms with Crippen molar-refractivity contribution in [3.8, 4) is 16.8 Å². The Morgan fingerprint density at radius 2 is 1.81 bits per heavy atom. The van der Waals surface area contributed by atoms with E-state index >= 15 is 4.39 Å². The van der Waals surface area contributed by atoms with E-state index in [1.807, 2.05) is 0 Å². The number of rotatable bonds is 6. The second kappa shape index (κ2) is 10.3. The summed E-state index contributed by atoms with van der Waals surface area (Å²) < 4.78 is 77.1. The van der Waals surface area contributed by atoms with Crippen LogP contribution < -0.4 is 16.6 Å². The van der Waals surface area contributed by atoms with Gasteiger partial charge in [0.15, 0.2) is 16.8 Å². The summed E-state index contributed by atoms with van der Waals surface area (Å²) in [6.45, 7) is 0. The van der Waals surface area contributed by atoms with Crippen LogP contribution in [-0.2, 0) is 17.3 Å². The van der Waals surface area contributed by atoms with Crippen molar-refractivity contribution in [2.75, 3.05) is 5.01 Å². The fourth-order valence-electron chi connectivity index (χ4n) is 3.63. The van der Waals surface area contributed by atoms with Crippen molar-refractivity contribution in [2.24, 2.45) is 11.6 Å². The summed E-state index contributed by atoms with van der Waals surface area (Å²) in [5.41, 5.74) is 5.50. The lowest BCUT2D eigenvalue weighted by Crippen LogP contribution is -2.31. The quantitative estimate of drug-likeness (QED) is 0.125. The molecule has 1 unspecified atom stereocenters. The lowest BCUT2D eigenvalue weighted by molar-refractivity contribution is -0.140. The normalized spacial score (nSPS) is 13.0. The predicted molar refractivity (Wildman–Crippen MR) is 133 cm³/mol. The fourth-order valence-corrected chi connectivity index (χ4v) is 4.18. The maximum atomic E-state index is 15.6. The molecule has 0 amide bonds. The van der Waals surface area contributed by atoms with E-state index in [1.165, 1.54) is 24.3 Å². The second-order valence-corrected chi connectivity index (χ2v) is 9.10. The van der Waals surface area contributed by atoms with Gasteiger partial charge in [-0.25, -0.2) is 19.4 Å². The molecule has 37 heavy (non-hydrogen) atoms. The van der Waals surface area contributed by atoms with Gasteiger partial charge in [0.1, 0.15) is 17.8 Å². The Labute approximate surface area is 215 Å². The summed E-state index contributed by atoms with van der Waals surface area (Å²) >= 11 is 3.67. The maximum absolute atomic E-state index is 15.6. The molecule has 1 heterocycles. The van der Waals surface area contributed by atoms with Crippen LogP contribution in [0.3, 0.4) is 0 Å². The first kappa shape index (κ1) is 26.4. The lowest BCUT2D eigenvalue weighted by atomic mass is 10.0. The van der Waals surface area contributed by atoms with Crippen molar-refractivity contribution in [3.63, 3.8) is 0 Å². The van der Waals surface area contributed by atoms with Crippen molar-refractivity contribution in [1.82, 2.24) is 9.55 Å². The summed E-state index contributed by atoms with van der Waals surface area (Å²) in [5.74, 6) is 5.45. The average molecular weight is 552 g/mol. The highest BCUT2D eigenvalue weighted by atomic mass is 35.5. The minimum atomic E-state index is -4.75. The summed E-state index contributed by atoms with van der Waals surface area (Å²) in [4.78, 5) is 3.42. The van der Waals surface area contributed by atoms with Gasteiger partial charge in [-0.1, -0.05) is 35.9 Å². The molecule has 0 bridgehead atoms. The smallest absolute Gasteiger partial charge is 0.403 e. The Bertz CT molecular complexity index is 1510. The van der Waals surface area contributed by atoms with E-state index in [0.717, 1.165) is 28.2 Å². The zero-order valence-corrected chi connectivity index (χ0v) is 20.2. The number of alkyl halides is 3. The first-order valence-electron chi connectivity index (χ1n) is 10.4. The highest BCUT2D eigenvalue weighted by molar-refractivity contribution is 7.79. The highest BCUT2D eigenvalue weighted by Crippen LogP contribution is 2.37. The van der Waals surface area contributed by atoms with Crippen LogP contribution in [0.5, 0.6) is 0 Å². The molecule has 7 nitrogen and oxygen atoms in total. The third-order valence-corrected chi connectivity index (χ3v) is 6.27. The number of anilines is 1. The van der Waals surface area contributed by atoms with Crippen molar-refractivity contribution in [3.05, 3.63) is 101 Å². The molecule has 0 saturated carbocycles. The molecular weight excluding hydrogens is 534 g/mol. The van der Waals surface area contributed by atoms with E-state index in [4.69, 9.17) is 23.2 Å². The second-order valence-electron chi connectivity index (χ2n) is 7.70. The predicted octanol–water partition coefficient (Wildman–Crippen LogP) is 5.57. The van der Waals surface area contributed by atoms with Crippen LogP contribution >= 0.6 is 11.6 Å². The molecule has 4 aromatic rings. The van der Waals surface area contributed by atoms with Gasteiger partial charge in [-0.05, 0) is 47.5 Å². The number of aromatic nitrogens is 2. The van der Waals surface area contributed by atoms with E-state index in [1.54, 1.807) is 30.3 Å². The zero-order chi connectivity index (χ0) is 26.9. The number of nitrogens with zero attached hydrogens (tertiary/aromatic N) is 3. The van der Waals surface area contributed by atoms with Crippen LogP contribution in [0.15, 0.2) is 84.3 Å². The van der Waals surface area contributed by atoms with Gasteiger partial charge in [0, 0.05) is 23.0 Å². The lowest BCUT2D eigenvalue weighted by Gasteiger charge is -2.26. The Hall–Kier alpha value is -3.71. The minimum absolute atomic E-state index is 0.0664. The summed E-state index contributed by atoms with van der Waals surface area (Å²) in [7, 11) is 0. The van der Waals surface area contributed by atoms with E-state index in [2.05, 4.69) is 4.98 Å². The molecule has 0 fully saturated rings. The number of nitrogens with two attached hydrogens (primary N) is 2. The first-order valence-corrected chi connectivity index (χ1v) is 11.9. The maximum Gasteiger partial charge on any atom is 0.434 e. The van der Waals surface area contributed by atoms with Crippen molar-refractivity contribution in [2.45, 2.75) is 11.1 Å². The van der Waals surface area contributed by atoms with E-state index in [0.29, 0.717) is 22.3 Å². The Balaban J connectivity index is 1.93. The first-order chi connectivity index (χ1) is 17.5. The van der Waals surface area contributed by atoms with Gasteiger partial charge in [-0.3, -0.25) is 5.01 Å². The van der Waals surface area contributed by atoms with Gasteiger partial charge in [-0.2, -0.15) is 13.2 Å². The summed E-state index contributed by atoms with van der Waals surface area (Å²) in [6.07, 6.45) is -2.14. The Morgan fingerprint density at radius 3 is 2.41 bits per heavy atom. The van der Waals surface area contributed by atoms with Crippen molar-refractivity contribution < 1.29 is 26.3 Å². The molecule has 0 saturated heterocycles. The third kappa shape index (κ3) is 5.52. The van der Waals surface area contributed by atoms with Gasteiger partial charge in [0.05, 0.1) is 16.3 Å². The Morgan fingerprint density at radius 1 is 1.11 bits per heavy atom. The molecule has 1 aromatic heterocycles. The van der Waals surface area contributed by atoms with Crippen LogP contribution in [-0.4, -0.2) is 18.3 Å². The monoisotopic (exact) mass is 551 g/mol. The van der Waals surface area contributed by atoms with E-state index < -0.39 is 28.8 Å². The molecule has 13 heteroatoms. The number of benzene rings is 3. The van der Waals surface area contributed by atoms with Gasteiger partial charge >= 0.3 is 6.18 Å². The Kier molecular flexibility index (Phi) is 7.37. The number of hydrazine groups is 1. The van der Waals surface area contributed by atoms with Crippen LogP contribution in [0, 0.1) is 5.82 Å². The van der Waals surface area contributed by atoms with Crippen LogP contribution in [0.1, 0.15) is 11.3 Å². The van der Waals surface area contributed by atoms with Crippen molar-refractivity contribution >= 4 is 34.1 Å². The van der Waals surface area contributed by atoms with Gasteiger partial charge in [0.25, 0.3) is 0 Å². The molecule has 1 atom stereocenters. The number of hydrogen-bond donors (Lipinski definition) is 3. The molecular formula is C24H18ClF4N5O2S. The number of halogens is 5. The average Bonchev–Trinajstić information content (AvgIpc) is 3.35. The van der Waals surface area contributed by atoms with Crippen molar-refractivity contribution in [1.29, 1.82) is 0 Å². The molecule has 0 radical (unpaired) electrons. The van der Waals surface area contributed by atoms with E-state index in [-0.39, 0.29) is 27.5 Å². The third-order valence-electron chi connectivity index (χ3n) is 5.36. The van der Waals surface area contributed by atoms with Crippen LogP contribution in [0.25, 0.3) is 22.5 Å². The molecule has 0 spiro atoms. The zero-order valence-electron chi connectivity index (χ0n) is 18.7. The molecule has 4 rings (SSSR count). The van der Waals surface area contributed by atoms with Gasteiger partial charge < -0.3 is 14.9 Å². The van der Waals surface area contributed by atoms with Gasteiger partial charge in [-0.15, -0.1) is 0 Å². The molecule has 192 valence electrons. The molecule has 0 aliphatic heterocycles. The van der Waals surface area contributed by atoms with Gasteiger partial charge in [0.2, 0.25) is 0 Å². The molecule has 0 aliphatic carbocycles. The van der Waals surface area contributed by atoms with Crippen LogP contribution in [0.2, 0.25) is 5.02 Å². The number of imidazole rings is 1. The van der Waals surface area contributed by atoms with Crippen LogP contribution in [0.4, 0.5) is 23.2 Å². The fraction of sp³-hybridized carbons (Fsp3) is 0.0417. The molecule has 0 aliphatic rings. The largest absolute Gasteiger partial charge is 0.434 e. The topological polar surface area (TPSA) is 110 Å². The SMILES string of the molecule is N/C=C(/c1ccc(Cl)cc1)N(N)c1cc(-c2cccc(S(=O)O)c2)cc(F)c1-n1cnc(C(F)(F)F)c1. The standard InChI is InChI=1S/C24H18ClF4N5O2S/c25-17-6-4-14(5-7-17)21(11-30)34(31)20-10-16(15-2-1-3-18(8-15)37(35)36)9-19(26)23(20)33-12-22(32-13-33)24(27,28)29/h1-13H,30-31H2,(H,35,36)/b21-11-. The highest BCUT2D eigenvalue weighted by Gasteiger charge is 2.34. The summed E-state index contributed by atoms with van der Waals surface area (Å²) in [6, 6.07) is 14.8. The molecule has 5 N–H and O–H groups in total. The molecule has 3 aromatic carbocycles. The summed E-state index contributed by atoms with van der Waals surface area (Å²) in [5, 5.41) is 1.46. The minimum Gasteiger partial charge on any atom is -0.403 e. The van der Waals surface area contributed by atoms with E-state index in [9.17, 15) is 21.9 Å².